The zero-order valence-electron chi connectivity index (χ0n) is 19.5. The van der Waals surface area contributed by atoms with Crippen LogP contribution < -0.4 is 4.90 Å². The monoisotopic (exact) mass is 487 g/mol. The summed E-state index contributed by atoms with van der Waals surface area (Å²) in [6.45, 7) is 5.72. The number of carbonyl (C=O) groups is 1. The summed E-state index contributed by atoms with van der Waals surface area (Å²) in [7, 11) is 0. The van der Waals surface area contributed by atoms with Crippen LogP contribution in [0.4, 0.5) is 10.1 Å². The molecule has 1 aliphatic rings. The van der Waals surface area contributed by atoms with E-state index in [4.69, 9.17) is 21.0 Å². The number of hydrogen-bond acceptors (Lipinski definition) is 4. The number of halogens is 2. The van der Waals surface area contributed by atoms with Gasteiger partial charge in [-0.25, -0.2) is 9.37 Å². The van der Waals surface area contributed by atoms with Crippen LogP contribution in [0.3, 0.4) is 0 Å². The van der Waals surface area contributed by atoms with E-state index in [1.54, 1.807) is 48.2 Å². The van der Waals surface area contributed by atoms with Crippen molar-refractivity contribution in [3.63, 3.8) is 0 Å². The van der Waals surface area contributed by atoms with Crippen molar-refractivity contribution in [3.05, 3.63) is 106 Å². The van der Waals surface area contributed by atoms with Crippen molar-refractivity contribution in [2.45, 2.75) is 33.4 Å². The van der Waals surface area contributed by atoms with Gasteiger partial charge in [-0.1, -0.05) is 41.9 Å². The third-order valence-corrected chi connectivity index (χ3v) is 6.39. The average Bonchev–Trinajstić information content (AvgIpc) is 3.17. The Bertz CT molecular complexity index is 1480. The summed E-state index contributed by atoms with van der Waals surface area (Å²) >= 11 is 6.33. The minimum Gasteiger partial charge on any atom is -0.441 e. The quantitative estimate of drug-likeness (QED) is 0.329. The van der Waals surface area contributed by atoms with E-state index in [0.29, 0.717) is 44.9 Å². The van der Waals surface area contributed by atoms with Gasteiger partial charge in [-0.3, -0.25) is 9.79 Å². The van der Waals surface area contributed by atoms with Crippen molar-refractivity contribution < 1.29 is 13.6 Å². The summed E-state index contributed by atoms with van der Waals surface area (Å²) in [6.07, 6.45) is 0. The number of nitrogens with zero attached hydrogens (tertiary/aromatic N) is 3. The van der Waals surface area contributed by atoms with E-state index in [1.165, 1.54) is 6.07 Å². The van der Waals surface area contributed by atoms with Gasteiger partial charge in [0.05, 0.1) is 17.9 Å². The van der Waals surface area contributed by atoms with Gasteiger partial charge in [-0.05, 0) is 62.7 Å². The van der Waals surface area contributed by atoms with Crippen LogP contribution in [-0.2, 0) is 11.3 Å². The molecule has 5 rings (SSSR count). The number of hydrogen-bond donors (Lipinski definition) is 0. The highest BCUT2D eigenvalue weighted by Crippen LogP contribution is 2.33. The maximum absolute atomic E-state index is 14.8. The SMILES string of the molecule is Cc1ccccc1-c1nc(CN2C(=O)[C@@H](C)N=C(c3ccccc3F)c3cc(Cl)ccc32)c(C)o1. The van der Waals surface area contributed by atoms with Gasteiger partial charge in [-0.15, -0.1) is 0 Å². The van der Waals surface area contributed by atoms with Crippen LogP contribution in [0.1, 0.15) is 35.1 Å². The van der Waals surface area contributed by atoms with Crippen LogP contribution in [-0.4, -0.2) is 22.6 Å². The van der Waals surface area contributed by atoms with E-state index in [0.717, 1.165) is 11.1 Å². The Morgan fingerprint density at radius 2 is 1.71 bits per heavy atom. The lowest BCUT2D eigenvalue weighted by atomic mass is 9.99. The molecule has 5 nitrogen and oxygen atoms in total. The number of carbonyl (C=O) groups excluding carboxylic acids is 1. The van der Waals surface area contributed by atoms with Gasteiger partial charge in [0.1, 0.15) is 23.3 Å². The highest BCUT2D eigenvalue weighted by atomic mass is 35.5. The molecule has 0 unspecified atom stereocenters. The summed E-state index contributed by atoms with van der Waals surface area (Å²) in [6, 6.07) is 18.7. The van der Waals surface area contributed by atoms with Crippen LogP contribution in [0.2, 0.25) is 5.02 Å². The van der Waals surface area contributed by atoms with E-state index in [-0.39, 0.29) is 12.5 Å². The molecule has 0 spiro atoms. The smallest absolute Gasteiger partial charge is 0.251 e. The van der Waals surface area contributed by atoms with Crippen molar-refractivity contribution in [3.8, 4) is 11.5 Å². The molecule has 1 aliphatic heterocycles. The molecule has 0 N–H and O–H groups in total. The molecule has 176 valence electrons. The molecule has 4 aromatic rings. The van der Waals surface area contributed by atoms with Crippen molar-refractivity contribution in [2.24, 2.45) is 4.99 Å². The summed E-state index contributed by atoms with van der Waals surface area (Å²) in [5, 5.41) is 0.467. The fourth-order valence-electron chi connectivity index (χ4n) is 4.28. The van der Waals surface area contributed by atoms with Gasteiger partial charge in [0.15, 0.2) is 0 Å². The third-order valence-electron chi connectivity index (χ3n) is 6.16. The fraction of sp³-hybridized carbons (Fsp3) is 0.179. The van der Waals surface area contributed by atoms with Gasteiger partial charge in [0, 0.05) is 21.7 Å². The predicted molar refractivity (Wildman–Crippen MR) is 136 cm³/mol. The Balaban J connectivity index is 1.60. The molecule has 3 aromatic carbocycles. The lowest BCUT2D eigenvalue weighted by molar-refractivity contribution is -0.119. The summed E-state index contributed by atoms with van der Waals surface area (Å²) < 4.78 is 20.8. The van der Waals surface area contributed by atoms with Gasteiger partial charge < -0.3 is 9.32 Å². The van der Waals surface area contributed by atoms with Gasteiger partial charge in [0.2, 0.25) is 5.89 Å². The Morgan fingerprint density at radius 3 is 2.46 bits per heavy atom. The number of oxazole rings is 1. The van der Waals surface area contributed by atoms with Crippen molar-refractivity contribution in [2.75, 3.05) is 4.90 Å². The second-order valence-electron chi connectivity index (χ2n) is 8.56. The average molecular weight is 488 g/mol. The van der Waals surface area contributed by atoms with E-state index < -0.39 is 11.9 Å². The van der Waals surface area contributed by atoms with Crippen molar-refractivity contribution >= 4 is 28.9 Å². The summed E-state index contributed by atoms with van der Waals surface area (Å²) in [5.41, 5.74) is 4.46. The second-order valence-corrected chi connectivity index (χ2v) is 8.99. The molecule has 0 fully saturated rings. The minimum atomic E-state index is -0.737. The number of anilines is 1. The molecule has 1 atom stereocenters. The van der Waals surface area contributed by atoms with E-state index >= 15 is 0 Å². The molecular weight excluding hydrogens is 465 g/mol. The Labute approximate surface area is 207 Å². The second kappa shape index (κ2) is 9.12. The van der Waals surface area contributed by atoms with Crippen LogP contribution in [0.25, 0.3) is 11.5 Å². The Hall–Kier alpha value is -3.77. The number of aliphatic imine (C=N–C) groups is 1. The van der Waals surface area contributed by atoms with E-state index in [9.17, 15) is 9.18 Å². The van der Waals surface area contributed by atoms with Crippen molar-refractivity contribution in [1.82, 2.24) is 4.98 Å². The maximum atomic E-state index is 14.8. The topological polar surface area (TPSA) is 58.7 Å². The number of aromatic nitrogens is 1. The number of aryl methyl sites for hydroxylation is 2. The van der Waals surface area contributed by atoms with Crippen LogP contribution in [0.5, 0.6) is 0 Å². The van der Waals surface area contributed by atoms with Crippen molar-refractivity contribution in [1.29, 1.82) is 0 Å². The molecule has 0 radical (unpaired) electrons. The van der Waals surface area contributed by atoms with Crippen LogP contribution in [0.15, 0.2) is 76.1 Å². The van der Waals surface area contributed by atoms with Gasteiger partial charge in [-0.2, -0.15) is 0 Å². The minimum absolute atomic E-state index is 0.180. The zero-order valence-corrected chi connectivity index (χ0v) is 20.3. The number of rotatable bonds is 4. The molecule has 1 amide bonds. The summed E-state index contributed by atoms with van der Waals surface area (Å²) in [5.74, 6) is 0.490. The first-order chi connectivity index (χ1) is 16.8. The largest absolute Gasteiger partial charge is 0.441 e. The fourth-order valence-corrected chi connectivity index (χ4v) is 4.45. The number of fused-ring (bicyclic) bond motifs is 1. The Kier molecular flexibility index (Phi) is 5.99. The molecule has 0 aliphatic carbocycles. The first kappa shape index (κ1) is 23.0. The molecule has 0 bridgehead atoms. The number of amides is 1. The Morgan fingerprint density at radius 1 is 1.00 bits per heavy atom. The molecule has 1 aromatic heterocycles. The van der Waals surface area contributed by atoms with Gasteiger partial charge in [0.25, 0.3) is 5.91 Å². The van der Waals surface area contributed by atoms with E-state index in [2.05, 4.69) is 4.99 Å². The normalized spacial score (nSPS) is 15.6. The first-order valence-corrected chi connectivity index (χ1v) is 11.7. The molecule has 0 saturated heterocycles. The lowest BCUT2D eigenvalue weighted by Crippen LogP contribution is -2.36. The van der Waals surface area contributed by atoms with E-state index in [1.807, 2.05) is 38.1 Å². The number of benzene rings is 3. The van der Waals surface area contributed by atoms with Gasteiger partial charge >= 0.3 is 0 Å². The maximum Gasteiger partial charge on any atom is 0.251 e. The standard InChI is InChI=1S/C28H23ClFN3O2/c1-16-8-4-5-9-20(16)27-32-24(18(3)35-27)15-33-25-13-12-19(29)14-22(25)26(31-17(2)28(33)34)21-10-6-7-11-23(21)30/h4-14,17H,15H2,1-3H3/t17-/m1/s1. The first-order valence-electron chi connectivity index (χ1n) is 11.3. The predicted octanol–water partition coefficient (Wildman–Crippen LogP) is 6.52. The highest BCUT2D eigenvalue weighted by molar-refractivity contribution is 6.32. The van der Waals surface area contributed by atoms with Crippen LogP contribution in [0, 0.1) is 19.7 Å². The molecular formula is C28H23ClFN3O2. The lowest BCUT2D eigenvalue weighted by Gasteiger charge is -2.24. The molecule has 0 saturated carbocycles. The third kappa shape index (κ3) is 4.26. The molecule has 2 heterocycles. The zero-order chi connectivity index (χ0) is 24.7. The van der Waals surface area contributed by atoms with Crippen LogP contribution >= 0.6 is 11.6 Å². The highest BCUT2D eigenvalue weighted by Gasteiger charge is 2.32. The summed E-state index contributed by atoms with van der Waals surface area (Å²) in [4.78, 5) is 24.5. The molecule has 7 heteroatoms. The number of benzodiazepines with no additional fused rings is 1. The molecule has 35 heavy (non-hydrogen) atoms.